The van der Waals surface area contributed by atoms with E-state index in [1.165, 1.54) is 6.92 Å². The molecule has 72 valence electrons. The number of β-amino-alcohol motifs (C(OH)–C–C–N with tert-alkyl or cyclic N) is 2. The van der Waals surface area contributed by atoms with Crippen molar-refractivity contribution in [2.24, 2.45) is 0 Å². The molecule has 0 aromatic rings. The molecule has 0 aromatic heterocycles. The van der Waals surface area contributed by atoms with Crippen LogP contribution in [-0.4, -0.2) is 54.0 Å². The van der Waals surface area contributed by atoms with E-state index in [1.807, 2.05) is 0 Å². The van der Waals surface area contributed by atoms with E-state index in [0.717, 1.165) is 4.31 Å². The van der Waals surface area contributed by atoms with Crippen LogP contribution in [0.5, 0.6) is 0 Å². The molecular formula is C6H13NO4S. The summed E-state index contributed by atoms with van der Waals surface area (Å²) in [6, 6.07) is 0. The molecule has 1 aliphatic rings. The monoisotopic (exact) mass is 195 g/mol. The molecule has 0 saturated carbocycles. The Balaban J connectivity index is 2.70. The summed E-state index contributed by atoms with van der Waals surface area (Å²) in [4.78, 5) is 0. The molecule has 1 rings (SSSR count). The average molecular weight is 195 g/mol. The molecular weight excluding hydrogens is 182 g/mol. The van der Waals surface area contributed by atoms with Crippen molar-refractivity contribution in [2.45, 2.75) is 19.1 Å². The number of aliphatic hydroxyl groups excluding tert-OH is 2. The summed E-state index contributed by atoms with van der Waals surface area (Å²) in [7, 11) is -3.25. The normalized spacial score (nSPS) is 32.6. The maximum atomic E-state index is 11.2. The molecule has 12 heavy (non-hydrogen) atoms. The van der Waals surface area contributed by atoms with Crippen LogP contribution in [0.25, 0.3) is 0 Å². The van der Waals surface area contributed by atoms with E-state index in [2.05, 4.69) is 0 Å². The summed E-state index contributed by atoms with van der Waals surface area (Å²) in [6.45, 7) is 1.56. The first-order chi connectivity index (χ1) is 5.47. The molecule has 1 saturated heterocycles. The van der Waals surface area contributed by atoms with Gasteiger partial charge < -0.3 is 10.2 Å². The van der Waals surface area contributed by atoms with Gasteiger partial charge >= 0.3 is 0 Å². The lowest BCUT2D eigenvalue weighted by molar-refractivity contribution is 0.0572. The minimum absolute atomic E-state index is 0.00639. The largest absolute Gasteiger partial charge is 0.389 e. The van der Waals surface area contributed by atoms with Gasteiger partial charge in [0.25, 0.3) is 0 Å². The van der Waals surface area contributed by atoms with Gasteiger partial charge in [0.05, 0.1) is 18.0 Å². The van der Waals surface area contributed by atoms with Crippen LogP contribution >= 0.6 is 0 Å². The zero-order chi connectivity index (χ0) is 9.35. The Labute approximate surface area is 71.7 Å². The molecule has 0 radical (unpaired) electrons. The van der Waals surface area contributed by atoms with Crippen LogP contribution in [0.3, 0.4) is 0 Å². The highest BCUT2D eigenvalue weighted by Gasteiger charge is 2.35. The van der Waals surface area contributed by atoms with Crippen molar-refractivity contribution < 1.29 is 18.6 Å². The van der Waals surface area contributed by atoms with Crippen LogP contribution in [0.4, 0.5) is 0 Å². The fourth-order valence-corrected chi connectivity index (χ4v) is 2.27. The third kappa shape index (κ3) is 1.77. The standard InChI is InChI=1S/C6H13NO4S/c1-2-12(10,11)7-3-5(8)6(9)4-7/h5-6,8-9H,2-4H2,1H3. The van der Waals surface area contributed by atoms with E-state index in [0.29, 0.717) is 0 Å². The van der Waals surface area contributed by atoms with Gasteiger partial charge in [-0.15, -0.1) is 0 Å². The van der Waals surface area contributed by atoms with Gasteiger partial charge in [-0.1, -0.05) is 0 Å². The van der Waals surface area contributed by atoms with Crippen molar-refractivity contribution in [3.8, 4) is 0 Å². The number of aliphatic hydroxyl groups is 2. The minimum atomic E-state index is -3.25. The fraction of sp³-hybridized carbons (Fsp3) is 1.00. The molecule has 5 nitrogen and oxygen atoms in total. The summed E-state index contributed by atoms with van der Waals surface area (Å²) in [6.07, 6.45) is -1.88. The fourth-order valence-electron chi connectivity index (χ4n) is 1.14. The Kier molecular flexibility index (Phi) is 2.72. The molecule has 0 spiro atoms. The number of nitrogens with zero attached hydrogens (tertiary/aromatic N) is 1. The molecule has 0 bridgehead atoms. The Hall–Kier alpha value is -0.170. The summed E-state index contributed by atoms with van der Waals surface area (Å²) in [5.74, 6) is 0.00639. The topological polar surface area (TPSA) is 77.8 Å². The first-order valence-corrected chi connectivity index (χ1v) is 5.42. The Morgan fingerprint density at radius 1 is 1.33 bits per heavy atom. The minimum Gasteiger partial charge on any atom is -0.389 e. The SMILES string of the molecule is CCS(=O)(=O)N1CC(O)C(O)C1. The molecule has 1 heterocycles. The second-order valence-electron chi connectivity index (χ2n) is 2.85. The third-order valence-electron chi connectivity index (χ3n) is 1.98. The number of rotatable bonds is 2. The van der Waals surface area contributed by atoms with Gasteiger partial charge in [-0.3, -0.25) is 0 Å². The maximum Gasteiger partial charge on any atom is 0.214 e. The lowest BCUT2D eigenvalue weighted by atomic mass is 10.3. The van der Waals surface area contributed by atoms with Crippen molar-refractivity contribution in [1.82, 2.24) is 4.31 Å². The smallest absolute Gasteiger partial charge is 0.214 e. The number of hydrogen-bond donors (Lipinski definition) is 2. The predicted molar refractivity (Wildman–Crippen MR) is 43.0 cm³/mol. The molecule has 1 fully saturated rings. The van der Waals surface area contributed by atoms with E-state index < -0.39 is 22.2 Å². The molecule has 2 atom stereocenters. The van der Waals surface area contributed by atoms with Gasteiger partial charge in [-0.2, -0.15) is 4.31 Å². The van der Waals surface area contributed by atoms with Crippen molar-refractivity contribution in [1.29, 1.82) is 0 Å². The molecule has 0 aliphatic carbocycles. The molecule has 1 aliphatic heterocycles. The van der Waals surface area contributed by atoms with Crippen LogP contribution in [0, 0.1) is 0 Å². The van der Waals surface area contributed by atoms with Crippen LogP contribution in [0.15, 0.2) is 0 Å². The molecule has 2 N–H and O–H groups in total. The van der Waals surface area contributed by atoms with Crippen LogP contribution < -0.4 is 0 Å². The highest BCUT2D eigenvalue weighted by atomic mass is 32.2. The Bertz CT molecular complexity index is 240. The van der Waals surface area contributed by atoms with E-state index in [1.54, 1.807) is 0 Å². The maximum absolute atomic E-state index is 11.2. The zero-order valence-corrected chi connectivity index (χ0v) is 7.66. The van der Waals surface area contributed by atoms with Gasteiger partial charge in [-0.05, 0) is 6.92 Å². The van der Waals surface area contributed by atoms with Crippen LogP contribution in [0.2, 0.25) is 0 Å². The molecule has 6 heteroatoms. The van der Waals surface area contributed by atoms with E-state index >= 15 is 0 Å². The first kappa shape index (κ1) is 9.91. The van der Waals surface area contributed by atoms with E-state index in [-0.39, 0.29) is 18.8 Å². The van der Waals surface area contributed by atoms with Crippen molar-refractivity contribution in [2.75, 3.05) is 18.8 Å². The predicted octanol–water partition coefficient (Wildman–Crippen LogP) is -1.63. The summed E-state index contributed by atoms with van der Waals surface area (Å²) in [5.41, 5.74) is 0. The van der Waals surface area contributed by atoms with Gasteiger partial charge in [0.1, 0.15) is 0 Å². The number of sulfonamides is 1. The van der Waals surface area contributed by atoms with Gasteiger partial charge in [0.2, 0.25) is 10.0 Å². The molecule has 2 unspecified atom stereocenters. The van der Waals surface area contributed by atoms with Gasteiger partial charge in [-0.25, -0.2) is 8.42 Å². The van der Waals surface area contributed by atoms with Crippen LogP contribution in [0.1, 0.15) is 6.92 Å². The Morgan fingerprint density at radius 3 is 2.08 bits per heavy atom. The number of hydrogen-bond acceptors (Lipinski definition) is 4. The highest BCUT2D eigenvalue weighted by Crippen LogP contribution is 2.14. The zero-order valence-electron chi connectivity index (χ0n) is 6.84. The van der Waals surface area contributed by atoms with Crippen molar-refractivity contribution >= 4 is 10.0 Å². The summed E-state index contributed by atoms with van der Waals surface area (Å²) in [5, 5.41) is 18.1. The molecule has 0 amide bonds. The average Bonchev–Trinajstić information content (AvgIpc) is 2.33. The second-order valence-corrected chi connectivity index (χ2v) is 5.11. The third-order valence-corrected chi connectivity index (χ3v) is 3.80. The lowest BCUT2D eigenvalue weighted by Crippen LogP contribution is -2.31. The van der Waals surface area contributed by atoms with Crippen molar-refractivity contribution in [3.05, 3.63) is 0 Å². The van der Waals surface area contributed by atoms with E-state index in [9.17, 15) is 8.42 Å². The second kappa shape index (κ2) is 3.29. The van der Waals surface area contributed by atoms with Gasteiger partial charge in [0, 0.05) is 13.1 Å². The summed E-state index contributed by atoms with van der Waals surface area (Å²) >= 11 is 0. The first-order valence-electron chi connectivity index (χ1n) is 3.81. The Morgan fingerprint density at radius 2 is 1.75 bits per heavy atom. The molecule has 0 aromatic carbocycles. The lowest BCUT2D eigenvalue weighted by Gasteiger charge is -2.12. The van der Waals surface area contributed by atoms with Crippen molar-refractivity contribution in [3.63, 3.8) is 0 Å². The summed E-state index contributed by atoms with van der Waals surface area (Å²) < 4.78 is 23.5. The van der Waals surface area contributed by atoms with Gasteiger partial charge in [0.15, 0.2) is 0 Å². The quantitative estimate of drug-likeness (QED) is 0.555. The van der Waals surface area contributed by atoms with Crippen LogP contribution in [-0.2, 0) is 10.0 Å². The highest BCUT2D eigenvalue weighted by molar-refractivity contribution is 7.89. The van der Waals surface area contributed by atoms with E-state index in [4.69, 9.17) is 10.2 Å².